The lowest BCUT2D eigenvalue weighted by Crippen LogP contribution is -2.33. The average molecular weight is 350 g/mol. The number of nitrogens with one attached hydrogen (secondary N) is 1. The summed E-state index contributed by atoms with van der Waals surface area (Å²) in [5.74, 6) is 3.04. The van der Waals surface area contributed by atoms with Crippen LogP contribution >= 0.6 is 36.6 Å². The first kappa shape index (κ1) is 18.6. The SMILES string of the molecule is Cl.Cl.O=C(CSCc1ccccn1)N1C[C@H]2CNC[C@H]2C1. The second-order valence-electron chi connectivity index (χ2n) is 5.29. The van der Waals surface area contributed by atoms with Crippen molar-refractivity contribution in [3.05, 3.63) is 30.1 Å². The highest BCUT2D eigenvalue weighted by Gasteiger charge is 2.37. The Morgan fingerprint density at radius 1 is 1.29 bits per heavy atom. The molecule has 0 saturated carbocycles. The Bertz CT molecular complexity index is 437. The van der Waals surface area contributed by atoms with Crippen LogP contribution in [0.1, 0.15) is 5.69 Å². The summed E-state index contributed by atoms with van der Waals surface area (Å²) in [7, 11) is 0. The van der Waals surface area contributed by atoms with Crippen LogP contribution in [0.5, 0.6) is 0 Å². The van der Waals surface area contributed by atoms with Crippen LogP contribution in [0, 0.1) is 11.8 Å². The van der Waals surface area contributed by atoms with E-state index < -0.39 is 0 Å². The van der Waals surface area contributed by atoms with E-state index in [-0.39, 0.29) is 30.7 Å². The van der Waals surface area contributed by atoms with Gasteiger partial charge >= 0.3 is 0 Å². The molecule has 1 N–H and O–H groups in total. The molecule has 7 heteroatoms. The highest BCUT2D eigenvalue weighted by Crippen LogP contribution is 2.26. The summed E-state index contributed by atoms with van der Waals surface area (Å²) in [5, 5.41) is 3.40. The number of hydrogen-bond donors (Lipinski definition) is 1. The van der Waals surface area contributed by atoms with Gasteiger partial charge in [-0.1, -0.05) is 6.07 Å². The van der Waals surface area contributed by atoms with Crippen LogP contribution in [0.15, 0.2) is 24.4 Å². The molecule has 4 nitrogen and oxygen atoms in total. The number of fused-ring (bicyclic) bond motifs is 1. The number of carbonyl (C=O) groups is 1. The molecule has 0 spiro atoms. The van der Waals surface area contributed by atoms with Crippen LogP contribution in [-0.2, 0) is 10.5 Å². The Labute approximate surface area is 142 Å². The third-order valence-corrected chi connectivity index (χ3v) is 4.89. The molecule has 2 saturated heterocycles. The Balaban J connectivity index is 0.00000110. The van der Waals surface area contributed by atoms with E-state index in [4.69, 9.17) is 0 Å². The molecule has 0 aromatic carbocycles. The summed E-state index contributed by atoms with van der Waals surface area (Å²) in [4.78, 5) is 18.4. The average Bonchev–Trinajstić information content (AvgIpc) is 3.00. The van der Waals surface area contributed by atoms with Gasteiger partial charge in [-0.3, -0.25) is 9.78 Å². The second-order valence-corrected chi connectivity index (χ2v) is 6.28. The largest absolute Gasteiger partial charge is 0.341 e. The molecule has 1 amide bonds. The van der Waals surface area contributed by atoms with Crippen LogP contribution in [0.2, 0.25) is 0 Å². The van der Waals surface area contributed by atoms with Gasteiger partial charge < -0.3 is 10.2 Å². The van der Waals surface area contributed by atoms with Crippen LogP contribution < -0.4 is 5.32 Å². The highest BCUT2D eigenvalue weighted by molar-refractivity contribution is 7.99. The molecule has 0 radical (unpaired) electrons. The maximum absolute atomic E-state index is 12.1. The molecule has 2 aliphatic heterocycles. The number of aromatic nitrogens is 1. The zero-order valence-corrected chi connectivity index (χ0v) is 14.2. The fourth-order valence-corrected chi connectivity index (χ4v) is 3.72. The minimum absolute atomic E-state index is 0. The Kier molecular flexibility index (Phi) is 7.81. The minimum atomic E-state index is 0. The van der Waals surface area contributed by atoms with Gasteiger partial charge in [-0.25, -0.2) is 0 Å². The van der Waals surface area contributed by atoms with Crippen molar-refractivity contribution in [2.45, 2.75) is 5.75 Å². The van der Waals surface area contributed by atoms with Crippen LogP contribution in [0.3, 0.4) is 0 Å². The van der Waals surface area contributed by atoms with Crippen molar-refractivity contribution in [3.63, 3.8) is 0 Å². The standard InChI is InChI=1S/C14H19N3OS.2ClH/c18-14(10-19-9-13-3-1-2-4-16-13)17-7-11-5-15-6-12(11)8-17;;/h1-4,11-12,15H,5-10H2;2*1H/t11-,12+;;. The summed E-state index contributed by atoms with van der Waals surface area (Å²) in [6.07, 6.45) is 1.80. The monoisotopic (exact) mass is 349 g/mol. The van der Waals surface area contributed by atoms with E-state index in [1.807, 2.05) is 23.1 Å². The summed E-state index contributed by atoms with van der Waals surface area (Å²) in [5.41, 5.74) is 1.04. The number of thioether (sulfide) groups is 1. The van der Waals surface area contributed by atoms with E-state index in [0.29, 0.717) is 17.6 Å². The first-order valence-corrected chi connectivity index (χ1v) is 7.94. The number of carbonyl (C=O) groups excluding carboxylic acids is 1. The van der Waals surface area contributed by atoms with Crippen molar-refractivity contribution in [2.24, 2.45) is 11.8 Å². The Hall–Kier alpha value is -0.490. The number of nitrogens with zero attached hydrogens (tertiary/aromatic N) is 2. The predicted molar refractivity (Wildman–Crippen MR) is 91.3 cm³/mol. The van der Waals surface area contributed by atoms with Crippen molar-refractivity contribution in [1.82, 2.24) is 15.2 Å². The summed E-state index contributed by atoms with van der Waals surface area (Å²) in [6, 6.07) is 5.90. The first-order chi connectivity index (χ1) is 9.33. The zero-order chi connectivity index (χ0) is 13.1. The van der Waals surface area contributed by atoms with Gasteiger partial charge in [-0.2, -0.15) is 0 Å². The number of halogens is 2. The normalized spacial score (nSPS) is 23.1. The van der Waals surface area contributed by atoms with Gasteiger partial charge in [0, 0.05) is 38.1 Å². The molecule has 0 unspecified atom stereocenters. The second kappa shape index (κ2) is 8.83. The summed E-state index contributed by atoms with van der Waals surface area (Å²) >= 11 is 1.66. The molecule has 3 rings (SSSR count). The maximum atomic E-state index is 12.1. The molecule has 21 heavy (non-hydrogen) atoms. The number of pyridine rings is 1. The van der Waals surface area contributed by atoms with Crippen LogP contribution in [0.4, 0.5) is 0 Å². The van der Waals surface area contributed by atoms with E-state index >= 15 is 0 Å². The zero-order valence-electron chi connectivity index (χ0n) is 11.7. The molecule has 2 fully saturated rings. The van der Waals surface area contributed by atoms with E-state index in [1.54, 1.807) is 18.0 Å². The van der Waals surface area contributed by atoms with Gasteiger partial charge in [0.2, 0.25) is 5.91 Å². The Morgan fingerprint density at radius 2 is 2.00 bits per heavy atom. The predicted octanol–water partition coefficient (Wildman–Crippen LogP) is 1.84. The van der Waals surface area contributed by atoms with E-state index in [2.05, 4.69) is 10.3 Å². The van der Waals surface area contributed by atoms with Gasteiger partial charge in [0.15, 0.2) is 0 Å². The van der Waals surface area contributed by atoms with Crippen molar-refractivity contribution in [3.8, 4) is 0 Å². The number of amides is 1. The third-order valence-electron chi connectivity index (χ3n) is 3.94. The molecule has 1 aromatic heterocycles. The quantitative estimate of drug-likeness (QED) is 0.900. The fourth-order valence-electron chi connectivity index (χ4n) is 2.88. The van der Waals surface area contributed by atoms with Crippen molar-refractivity contribution >= 4 is 42.5 Å². The number of likely N-dealkylation sites (tertiary alicyclic amines) is 1. The summed E-state index contributed by atoms with van der Waals surface area (Å²) < 4.78 is 0. The van der Waals surface area contributed by atoms with Gasteiger partial charge in [0.25, 0.3) is 0 Å². The van der Waals surface area contributed by atoms with Crippen molar-refractivity contribution in [2.75, 3.05) is 31.9 Å². The highest BCUT2D eigenvalue weighted by atomic mass is 35.5. The minimum Gasteiger partial charge on any atom is -0.341 e. The van der Waals surface area contributed by atoms with Gasteiger partial charge in [0.1, 0.15) is 0 Å². The first-order valence-electron chi connectivity index (χ1n) is 6.79. The number of hydrogen-bond acceptors (Lipinski definition) is 4. The maximum Gasteiger partial charge on any atom is 0.232 e. The number of rotatable bonds is 4. The lowest BCUT2D eigenvalue weighted by atomic mass is 10.0. The lowest BCUT2D eigenvalue weighted by molar-refractivity contribution is -0.127. The smallest absolute Gasteiger partial charge is 0.232 e. The molecule has 1 aromatic rings. The third kappa shape index (κ3) is 4.74. The molecular weight excluding hydrogens is 329 g/mol. The Morgan fingerprint density at radius 3 is 2.62 bits per heavy atom. The molecular formula is C14H21Cl2N3OS. The molecule has 2 aliphatic rings. The lowest BCUT2D eigenvalue weighted by Gasteiger charge is -2.17. The molecule has 0 aliphatic carbocycles. The van der Waals surface area contributed by atoms with Crippen molar-refractivity contribution in [1.29, 1.82) is 0 Å². The van der Waals surface area contributed by atoms with Crippen LogP contribution in [-0.4, -0.2) is 47.7 Å². The molecule has 118 valence electrons. The molecule has 2 atom stereocenters. The fraction of sp³-hybridized carbons (Fsp3) is 0.571. The van der Waals surface area contributed by atoms with E-state index in [9.17, 15) is 4.79 Å². The molecule has 3 heterocycles. The van der Waals surface area contributed by atoms with Crippen molar-refractivity contribution < 1.29 is 4.79 Å². The topological polar surface area (TPSA) is 45.2 Å². The van der Waals surface area contributed by atoms with Crippen LogP contribution in [0.25, 0.3) is 0 Å². The van der Waals surface area contributed by atoms with Gasteiger partial charge in [0.05, 0.1) is 11.4 Å². The molecule has 0 bridgehead atoms. The summed E-state index contributed by atoms with van der Waals surface area (Å²) in [6.45, 7) is 4.05. The van der Waals surface area contributed by atoms with Gasteiger partial charge in [-0.05, 0) is 24.0 Å². The van der Waals surface area contributed by atoms with E-state index in [0.717, 1.165) is 37.6 Å². The van der Waals surface area contributed by atoms with Gasteiger partial charge in [-0.15, -0.1) is 36.6 Å². The van der Waals surface area contributed by atoms with E-state index in [1.165, 1.54) is 0 Å².